The number of amides is 1. The summed E-state index contributed by atoms with van der Waals surface area (Å²) in [4.78, 5) is 19.7. The van der Waals surface area contributed by atoms with E-state index in [-0.39, 0.29) is 23.0 Å². The zero-order chi connectivity index (χ0) is 23.2. The summed E-state index contributed by atoms with van der Waals surface area (Å²) in [5.41, 5.74) is 4.46. The summed E-state index contributed by atoms with van der Waals surface area (Å²) in [6.07, 6.45) is 0. The van der Waals surface area contributed by atoms with Gasteiger partial charge in [-0.2, -0.15) is 0 Å². The minimum Gasteiger partial charge on any atom is -0.508 e. The Bertz CT molecular complexity index is 1270. The van der Waals surface area contributed by atoms with Crippen molar-refractivity contribution in [2.45, 2.75) is 13.5 Å². The lowest BCUT2D eigenvalue weighted by molar-refractivity contribution is 0.0982. The number of carbonyl (C=O) groups is 1. The van der Waals surface area contributed by atoms with E-state index in [2.05, 4.69) is 4.99 Å². The molecule has 0 unspecified atom stereocenters. The SMILES string of the molecule is CC(=Nc1ccc(N(Cc2ccccc2)C(=O)c2ccc(O)cc2O)cc1)c1ccccc1. The van der Waals surface area contributed by atoms with E-state index < -0.39 is 0 Å². The zero-order valence-electron chi connectivity index (χ0n) is 18.2. The van der Waals surface area contributed by atoms with Crippen molar-refractivity contribution in [3.8, 4) is 11.5 Å². The molecule has 0 saturated carbocycles. The molecule has 0 atom stereocenters. The minimum atomic E-state index is -0.368. The lowest BCUT2D eigenvalue weighted by Gasteiger charge is -2.24. The molecule has 0 bridgehead atoms. The van der Waals surface area contributed by atoms with Crippen LogP contribution in [0.1, 0.15) is 28.4 Å². The monoisotopic (exact) mass is 436 g/mol. The van der Waals surface area contributed by atoms with Crippen molar-refractivity contribution in [3.05, 3.63) is 120 Å². The number of hydrogen-bond donors (Lipinski definition) is 2. The van der Waals surface area contributed by atoms with E-state index in [0.29, 0.717) is 12.2 Å². The van der Waals surface area contributed by atoms with Crippen molar-refractivity contribution in [1.82, 2.24) is 0 Å². The Kier molecular flexibility index (Phi) is 6.51. The summed E-state index contributed by atoms with van der Waals surface area (Å²) in [6.45, 7) is 2.29. The molecule has 0 fully saturated rings. The normalized spacial score (nSPS) is 11.2. The van der Waals surface area contributed by atoms with Crippen molar-refractivity contribution in [3.63, 3.8) is 0 Å². The van der Waals surface area contributed by atoms with Crippen molar-refractivity contribution >= 4 is 23.0 Å². The molecule has 0 aliphatic heterocycles. The van der Waals surface area contributed by atoms with Gasteiger partial charge in [0.05, 0.1) is 17.8 Å². The number of anilines is 1. The summed E-state index contributed by atoms with van der Waals surface area (Å²) in [7, 11) is 0. The highest BCUT2D eigenvalue weighted by atomic mass is 16.3. The van der Waals surface area contributed by atoms with Gasteiger partial charge in [0, 0.05) is 17.5 Å². The van der Waals surface area contributed by atoms with Gasteiger partial charge in [0.2, 0.25) is 0 Å². The molecule has 0 aliphatic carbocycles. The average molecular weight is 437 g/mol. The molecule has 0 aromatic heterocycles. The Balaban J connectivity index is 1.66. The Hall–Kier alpha value is -4.38. The van der Waals surface area contributed by atoms with Gasteiger partial charge in [-0.25, -0.2) is 0 Å². The van der Waals surface area contributed by atoms with Crippen LogP contribution in [0.4, 0.5) is 11.4 Å². The van der Waals surface area contributed by atoms with Crippen molar-refractivity contribution in [1.29, 1.82) is 0 Å². The quantitative estimate of drug-likeness (QED) is 0.360. The van der Waals surface area contributed by atoms with Crippen LogP contribution in [0.5, 0.6) is 11.5 Å². The van der Waals surface area contributed by atoms with Gasteiger partial charge in [-0.1, -0.05) is 60.7 Å². The van der Waals surface area contributed by atoms with E-state index in [1.54, 1.807) is 4.90 Å². The van der Waals surface area contributed by atoms with E-state index in [1.165, 1.54) is 12.1 Å². The van der Waals surface area contributed by atoms with Crippen LogP contribution >= 0.6 is 0 Å². The van der Waals surface area contributed by atoms with Gasteiger partial charge in [-0.15, -0.1) is 0 Å². The molecule has 0 aliphatic rings. The smallest absolute Gasteiger partial charge is 0.262 e. The van der Waals surface area contributed by atoms with Crippen LogP contribution < -0.4 is 4.90 Å². The summed E-state index contributed by atoms with van der Waals surface area (Å²) in [5.74, 6) is -0.736. The second-order valence-corrected chi connectivity index (χ2v) is 7.66. The van der Waals surface area contributed by atoms with Crippen LogP contribution in [0, 0.1) is 0 Å². The zero-order valence-corrected chi connectivity index (χ0v) is 18.2. The Morgan fingerprint density at radius 1 is 0.818 bits per heavy atom. The van der Waals surface area contributed by atoms with Crippen molar-refractivity contribution < 1.29 is 15.0 Å². The Labute approximate surface area is 192 Å². The minimum absolute atomic E-state index is 0.102. The first-order chi connectivity index (χ1) is 16.0. The third kappa shape index (κ3) is 5.28. The fourth-order valence-corrected chi connectivity index (χ4v) is 3.54. The van der Waals surface area contributed by atoms with E-state index in [9.17, 15) is 15.0 Å². The van der Waals surface area contributed by atoms with Gasteiger partial charge in [0.25, 0.3) is 5.91 Å². The summed E-state index contributed by atoms with van der Waals surface area (Å²) < 4.78 is 0. The predicted octanol–water partition coefficient (Wildman–Crippen LogP) is 6.09. The molecule has 1 amide bonds. The fourth-order valence-electron chi connectivity index (χ4n) is 3.54. The molecular weight excluding hydrogens is 412 g/mol. The van der Waals surface area contributed by atoms with Crippen LogP contribution in [0.2, 0.25) is 0 Å². The highest BCUT2D eigenvalue weighted by Gasteiger charge is 2.21. The van der Waals surface area contributed by atoms with E-state index in [0.717, 1.165) is 28.6 Å². The van der Waals surface area contributed by atoms with Gasteiger partial charge in [0.15, 0.2) is 0 Å². The van der Waals surface area contributed by atoms with E-state index in [4.69, 9.17) is 0 Å². The lowest BCUT2D eigenvalue weighted by Crippen LogP contribution is -2.30. The number of carbonyl (C=O) groups excluding carboxylic acids is 1. The molecule has 4 aromatic rings. The van der Waals surface area contributed by atoms with E-state index in [1.807, 2.05) is 91.9 Å². The molecule has 164 valence electrons. The molecule has 2 N–H and O–H groups in total. The van der Waals surface area contributed by atoms with Crippen molar-refractivity contribution in [2.24, 2.45) is 4.99 Å². The standard InChI is InChI=1S/C28H24N2O3/c1-20(22-10-6-3-7-11-22)29-23-12-14-24(15-13-23)30(19-21-8-4-2-5-9-21)28(33)26-17-16-25(31)18-27(26)32/h2-18,31-32H,19H2,1H3. The fraction of sp³-hybridized carbons (Fsp3) is 0.0714. The van der Waals surface area contributed by atoms with Crippen LogP contribution in [-0.2, 0) is 6.54 Å². The Morgan fingerprint density at radius 3 is 2.09 bits per heavy atom. The molecule has 5 nitrogen and oxygen atoms in total. The summed E-state index contributed by atoms with van der Waals surface area (Å²) >= 11 is 0. The van der Waals surface area contributed by atoms with Gasteiger partial charge >= 0.3 is 0 Å². The van der Waals surface area contributed by atoms with E-state index >= 15 is 0 Å². The summed E-state index contributed by atoms with van der Waals surface area (Å²) in [6, 6.07) is 31.0. The molecule has 4 rings (SSSR count). The maximum Gasteiger partial charge on any atom is 0.262 e. The molecule has 4 aromatic carbocycles. The molecule has 0 spiro atoms. The first kappa shape index (κ1) is 21.8. The predicted molar refractivity (Wildman–Crippen MR) is 131 cm³/mol. The van der Waals surface area contributed by atoms with Crippen LogP contribution in [0.3, 0.4) is 0 Å². The number of rotatable bonds is 6. The number of nitrogens with zero attached hydrogens (tertiary/aromatic N) is 2. The highest BCUT2D eigenvalue weighted by molar-refractivity contribution is 6.08. The largest absolute Gasteiger partial charge is 0.508 e. The maximum absolute atomic E-state index is 13.4. The highest BCUT2D eigenvalue weighted by Crippen LogP contribution is 2.28. The number of phenols is 2. The second kappa shape index (κ2) is 9.83. The first-order valence-corrected chi connectivity index (χ1v) is 10.6. The molecule has 33 heavy (non-hydrogen) atoms. The van der Waals surface area contributed by atoms with Crippen LogP contribution in [0.15, 0.2) is 108 Å². The number of hydrogen-bond acceptors (Lipinski definition) is 4. The molecule has 0 heterocycles. The van der Waals surface area contributed by atoms with Crippen LogP contribution in [-0.4, -0.2) is 21.8 Å². The van der Waals surface area contributed by atoms with Gasteiger partial charge < -0.3 is 15.1 Å². The number of benzene rings is 4. The molecular formula is C28H24N2O3. The topological polar surface area (TPSA) is 73.1 Å². The first-order valence-electron chi connectivity index (χ1n) is 10.6. The maximum atomic E-state index is 13.4. The average Bonchev–Trinajstić information content (AvgIpc) is 2.84. The molecule has 5 heteroatoms. The van der Waals surface area contributed by atoms with Gasteiger partial charge in [-0.05, 0) is 54.4 Å². The number of phenolic OH excluding ortho intramolecular Hbond substituents is 2. The van der Waals surface area contributed by atoms with Gasteiger partial charge in [0.1, 0.15) is 11.5 Å². The van der Waals surface area contributed by atoms with Crippen molar-refractivity contribution in [2.75, 3.05) is 4.90 Å². The number of aromatic hydroxyl groups is 2. The third-order valence-corrected chi connectivity index (χ3v) is 5.29. The second-order valence-electron chi connectivity index (χ2n) is 7.66. The van der Waals surface area contributed by atoms with Gasteiger partial charge in [-0.3, -0.25) is 9.79 Å². The third-order valence-electron chi connectivity index (χ3n) is 5.29. The number of aliphatic imine (C=N–C) groups is 1. The lowest BCUT2D eigenvalue weighted by atomic mass is 10.1. The molecule has 0 radical (unpaired) electrons. The Morgan fingerprint density at radius 2 is 1.45 bits per heavy atom. The van der Waals surface area contributed by atoms with Crippen LogP contribution in [0.25, 0.3) is 0 Å². The molecule has 0 saturated heterocycles. The summed E-state index contributed by atoms with van der Waals surface area (Å²) in [5, 5.41) is 19.8.